The van der Waals surface area contributed by atoms with Crippen LogP contribution in [0.5, 0.6) is 11.5 Å². The second-order valence-corrected chi connectivity index (χ2v) is 10.8. The zero-order chi connectivity index (χ0) is 26.5. The Bertz CT molecular complexity index is 1560. The highest BCUT2D eigenvalue weighted by molar-refractivity contribution is 9.11. The number of benzene rings is 3. The van der Waals surface area contributed by atoms with E-state index in [0.29, 0.717) is 47.9 Å². The fraction of sp³-hybridized carbons (Fsp3) is 0.179. The van der Waals surface area contributed by atoms with Gasteiger partial charge in [-0.1, -0.05) is 59.9 Å². The highest BCUT2D eigenvalue weighted by Crippen LogP contribution is 2.35. The third kappa shape index (κ3) is 6.40. The average molecular weight is 690 g/mol. The lowest BCUT2D eigenvalue weighted by Gasteiger charge is -2.17. The Hall–Kier alpha value is -2.75. The Balaban J connectivity index is 1.71. The van der Waals surface area contributed by atoms with Gasteiger partial charge < -0.3 is 9.47 Å². The molecule has 0 bridgehead atoms. The minimum Gasteiger partial charge on any atom is -0.490 e. The van der Waals surface area contributed by atoms with Crippen LogP contribution >= 0.6 is 47.8 Å². The molecule has 37 heavy (non-hydrogen) atoms. The zero-order valence-corrected chi connectivity index (χ0v) is 25.1. The van der Waals surface area contributed by atoms with E-state index in [4.69, 9.17) is 9.47 Å². The molecule has 4 aromatic rings. The third-order valence-corrected chi connectivity index (χ3v) is 7.22. The smallest absolute Gasteiger partial charge is 0.282 e. The molecule has 4 rings (SSSR count). The van der Waals surface area contributed by atoms with Gasteiger partial charge in [0.2, 0.25) is 0 Å². The van der Waals surface area contributed by atoms with Crippen molar-refractivity contribution in [3.63, 3.8) is 0 Å². The quantitative estimate of drug-likeness (QED) is 0.134. The molecule has 0 spiro atoms. The fourth-order valence-electron chi connectivity index (χ4n) is 3.80. The third-order valence-electron chi connectivity index (χ3n) is 5.50. The van der Waals surface area contributed by atoms with Crippen LogP contribution in [-0.2, 0) is 13.0 Å². The van der Waals surface area contributed by atoms with E-state index in [-0.39, 0.29) is 5.56 Å². The number of hydrogen-bond donors (Lipinski definition) is 0. The summed E-state index contributed by atoms with van der Waals surface area (Å²) in [6, 6.07) is 15.2. The number of allylic oxidation sites excluding steroid dienone is 1. The highest BCUT2D eigenvalue weighted by Gasteiger charge is 2.15. The number of nitrogens with zero attached hydrogens (tertiary/aromatic N) is 3. The zero-order valence-electron chi connectivity index (χ0n) is 20.3. The largest absolute Gasteiger partial charge is 0.490 e. The first kappa shape index (κ1) is 27.3. The molecule has 190 valence electrons. The van der Waals surface area contributed by atoms with Crippen LogP contribution in [0.2, 0.25) is 0 Å². The van der Waals surface area contributed by atoms with Gasteiger partial charge in [-0.3, -0.25) is 4.79 Å². The molecule has 9 heteroatoms. The minimum absolute atomic E-state index is 0.239. The number of aromatic nitrogens is 2. The van der Waals surface area contributed by atoms with Crippen LogP contribution in [0.3, 0.4) is 0 Å². The van der Waals surface area contributed by atoms with Crippen molar-refractivity contribution in [2.75, 3.05) is 6.61 Å². The molecule has 1 aromatic heterocycles. The topological polar surface area (TPSA) is 65.7 Å². The van der Waals surface area contributed by atoms with Crippen LogP contribution in [0.4, 0.5) is 0 Å². The number of ether oxygens (including phenoxy) is 2. The van der Waals surface area contributed by atoms with Crippen molar-refractivity contribution in [3.8, 4) is 11.5 Å². The molecule has 3 aromatic carbocycles. The van der Waals surface area contributed by atoms with Gasteiger partial charge in [-0.2, -0.15) is 9.78 Å². The molecule has 0 saturated carbocycles. The van der Waals surface area contributed by atoms with Crippen LogP contribution in [0, 0.1) is 6.92 Å². The SMILES string of the molecule is C=CCc1cc(C=Nn2c(C)nc3ccc(Br)cc3c2=O)cc(OCC)c1OCc1ccc(Br)cc1Br. The molecule has 0 aliphatic rings. The van der Waals surface area contributed by atoms with Crippen molar-refractivity contribution in [2.45, 2.75) is 26.9 Å². The van der Waals surface area contributed by atoms with Crippen molar-refractivity contribution in [2.24, 2.45) is 5.10 Å². The molecule has 0 unspecified atom stereocenters. The molecule has 0 amide bonds. The van der Waals surface area contributed by atoms with Crippen LogP contribution in [0.1, 0.15) is 29.4 Å². The maximum atomic E-state index is 13.1. The first-order valence-corrected chi connectivity index (χ1v) is 13.9. The van der Waals surface area contributed by atoms with Crippen molar-refractivity contribution in [1.82, 2.24) is 9.66 Å². The van der Waals surface area contributed by atoms with Crippen LogP contribution < -0.4 is 15.0 Å². The summed E-state index contributed by atoms with van der Waals surface area (Å²) < 4.78 is 16.3. The number of halogens is 3. The number of fused-ring (bicyclic) bond motifs is 1. The van der Waals surface area contributed by atoms with Crippen LogP contribution in [0.25, 0.3) is 10.9 Å². The first-order chi connectivity index (χ1) is 17.8. The number of aryl methyl sites for hydroxylation is 1. The maximum absolute atomic E-state index is 13.1. The summed E-state index contributed by atoms with van der Waals surface area (Å²) in [4.78, 5) is 17.6. The molecule has 0 saturated heterocycles. The molecule has 0 N–H and O–H groups in total. The molecule has 1 heterocycles. The van der Waals surface area contributed by atoms with Crippen molar-refractivity contribution in [3.05, 3.63) is 107 Å². The summed E-state index contributed by atoms with van der Waals surface area (Å²) in [7, 11) is 0. The highest BCUT2D eigenvalue weighted by atomic mass is 79.9. The second-order valence-electron chi connectivity index (χ2n) is 8.14. The first-order valence-electron chi connectivity index (χ1n) is 11.5. The van der Waals surface area contributed by atoms with Crippen molar-refractivity contribution in [1.29, 1.82) is 0 Å². The van der Waals surface area contributed by atoms with E-state index in [1.165, 1.54) is 4.68 Å². The summed E-state index contributed by atoms with van der Waals surface area (Å²) >= 11 is 10.5. The van der Waals surface area contributed by atoms with E-state index in [1.807, 2.05) is 55.5 Å². The monoisotopic (exact) mass is 687 g/mol. The van der Waals surface area contributed by atoms with Gasteiger partial charge in [0.25, 0.3) is 5.56 Å². The van der Waals surface area contributed by atoms with Crippen LogP contribution in [0.15, 0.2) is 84.5 Å². The van der Waals surface area contributed by atoms with Crippen LogP contribution in [-0.4, -0.2) is 22.5 Å². The lowest BCUT2D eigenvalue weighted by Crippen LogP contribution is -2.20. The van der Waals surface area contributed by atoms with Gasteiger partial charge in [0.1, 0.15) is 12.4 Å². The van der Waals surface area contributed by atoms with Gasteiger partial charge in [0, 0.05) is 24.5 Å². The predicted molar refractivity (Wildman–Crippen MR) is 159 cm³/mol. The maximum Gasteiger partial charge on any atom is 0.282 e. The van der Waals surface area contributed by atoms with E-state index in [2.05, 4.69) is 64.5 Å². The van der Waals surface area contributed by atoms with Gasteiger partial charge in [0.15, 0.2) is 11.5 Å². The Kier molecular flexibility index (Phi) is 9.00. The van der Waals surface area contributed by atoms with E-state index >= 15 is 0 Å². The molecule has 0 atom stereocenters. The van der Waals surface area contributed by atoms with Gasteiger partial charge in [-0.05, 0) is 68.3 Å². The summed E-state index contributed by atoms with van der Waals surface area (Å²) in [5.74, 6) is 1.74. The van der Waals surface area contributed by atoms with Gasteiger partial charge in [0.05, 0.1) is 23.7 Å². The summed E-state index contributed by atoms with van der Waals surface area (Å²) in [5, 5.41) is 4.96. The number of hydrogen-bond acceptors (Lipinski definition) is 5. The molecule has 0 aliphatic carbocycles. The van der Waals surface area contributed by atoms with Gasteiger partial charge in [-0.25, -0.2) is 4.98 Å². The fourth-order valence-corrected chi connectivity index (χ4v) is 5.32. The van der Waals surface area contributed by atoms with Gasteiger partial charge >= 0.3 is 0 Å². The van der Waals surface area contributed by atoms with Gasteiger partial charge in [-0.15, -0.1) is 6.58 Å². The van der Waals surface area contributed by atoms with E-state index < -0.39 is 0 Å². The molecular formula is C28H24Br3N3O3. The summed E-state index contributed by atoms with van der Waals surface area (Å²) in [6.07, 6.45) is 4.02. The number of rotatable bonds is 9. The van der Waals surface area contributed by atoms with E-state index in [1.54, 1.807) is 19.2 Å². The molecule has 6 nitrogen and oxygen atoms in total. The summed E-state index contributed by atoms with van der Waals surface area (Å²) in [6.45, 7) is 8.40. The second kappa shape index (κ2) is 12.2. The van der Waals surface area contributed by atoms with E-state index in [0.717, 1.165) is 30.1 Å². The molecule has 0 aliphatic heterocycles. The average Bonchev–Trinajstić information content (AvgIpc) is 2.85. The standard InChI is InChI=1S/C28H24Br3N3O3/c1-4-6-19-11-18(15-32-34-17(3)33-25-10-9-21(29)13-23(25)28(34)35)12-26(36-5-2)27(19)37-16-20-7-8-22(30)14-24(20)31/h4,7-15H,1,5-6,16H2,2-3H3. The Labute approximate surface area is 240 Å². The lowest BCUT2D eigenvalue weighted by molar-refractivity contribution is 0.266. The summed E-state index contributed by atoms with van der Waals surface area (Å²) in [5.41, 5.74) is 3.06. The normalized spacial score (nSPS) is 11.3. The van der Waals surface area contributed by atoms with Crippen molar-refractivity contribution >= 4 is 64.9 Å². The molecular weight excluding hydrogens is 666 g/mol. The predicted octanol–water partition coefficient (Wildman–Crippen LogP) is 7.58. The molecule has 0 fully saturated rings. The van der Waals surface area contributed by atoms with E-state index in [9.17, 15) is 4.79 Å². The Morgan fingerprint density at radius 2 is 1.78 bits per heavy atom. The minimum atomic E-state index is -0.239. The lowest BCUT2D eigenvalue weighted by atomic mass is 10.1. The Morgan fingerprint density at radius 3 is 2.51 bits per heavy atom. The molecule has 0 radical (unpaired) electrons. The Morgan fingerprint density at radius 1 is 1.03 bits per heavy atom. The van der Waals surface area contributed by atoms with Crippen molar-refractivity contribution < 1.29 is 9.47 Å².